The molecule has 0 saturated heterocycles. The predicted octanol–water partition coefficient (Wildman–Crippen LogP) is 22.2. The van der Waals surface area contributed by atoms with E-state index >= 15 is 0 Å². The Bertz CT molecular complexity index is 5430. The maximum Gasteiger partial charge on any atom is 0.121 e. The highest BCUT2D eigenvalue weighted by molar-refractivity contribution is 6.32. The van der Waals surface area contributed by atoms with Crippen molar-refractivity contribution in [3.8, 4) is 34.8 Å². The minimum Gasteiger partial charge on any atom is -0.377 e. The lowest BCUT2D eigenvalue weighted by atomic mass is 9.67. The number of aromatic amines is 2. The SMILES string of the molecule is C=CCOCCCC1=C2C=CC(=N2)/C(=C2\NC=CN2C)c2ccc([nH]2)C(CCCOCC=C)=C2C=CC(=N2)C(C#Cc2ccc3c(c2)C(CCC(C)CC(C)(C)C)(CCC(C)CC(C)(C)C)c2cc(C#CC4=C5C=CC(=N5)C(CCCOCC=C)=C5C=CC(=N5)/C(=C5\NC=CN5C)c5ccc([nH]5)C(CCCOCC=C)=C5C=CC4=N5)ccc2-3)=C2C=CC1=N2. The van der Waals surface area contributed by atoms with E-state index in [1.807, 2.05) is 24.8 Å². The zero-order valence-corrected chi connectivity index (χ0v) is 73.6. The van der Waals surface area contributed by atoms with Gasteiger partial charge in [-0.1, -0.05) is 116 Å². The number of aliphatic imine (C=N–C) groups is 6. The zero-order chi connectivity index (χ0) is 85.8. The van der Waals surface area contributed by atoms with E-state index < -0.39 is 5.41 Å². The summed E-state index contributed by atoms with van der Waals surface area (Å²) in [6, 6.07) is 22.7. The van der Waals surface area contributed by atoms with Crippen molar-refractivity contribution in [2.75, 3.05) is 67.0 Å². The number of H-pyrrole nitrogens is 2. The van der Waals surface area contributed by atoms with Gasteiger partial charge in [0.15, 0.2) is 0 Å². The van der Waals surface area contributed by atoms with Crippen molar-refractivity contribution in [3.63, 3.8) is 0 Å². The third-order valence-corrected chi connectivity index (χ3v) is 23.9. The summed E-state index contributed by atoms with van der Waals surface area (Å²) in [5, 5.41) is 7.06. The molecule has 2 unspecified atom stereocenters. The van der Waals surface area contributed by atoms with E-state index in [1.54, 1.807) is 24.3 Å². The number of fused-ring (bicyclic) bond motifs is 13. The summed E-state index contributed by atoms with van der Waals surface area (Å²) in [6.45, 7) is 39.0. The van der Waals surface area contributed by atoms with Gasteiger partial charge < -0.3 is 49.3 Å². The highest BCUT2D eigenvalue weighted by atomic mass is 16.5. The topological polar surface area (TPSA) is 173 Å². The average Bonchev–Trinajstić information content (AvgIpc) is 1.56. The third-order valence-electron chi connectivity index (χ3n) is 23.9. The van der Waals surface area contributed by atoms with Crippen LogP contribution in [0, 0.1) is 46.3 Å². The van der Waals surface area contributed by atoms with Gasteiger partial charge in [0.2, 0.25) is 0 Å². The lowest BCUT2D eigenvalue weighted by Gasteiger charge is -2.36. The number of nitrogens with zero attached hydrogens (tertiary/aromatic N) is 8. The van der Waals surface area contributed by atoms with E-state index in [9.17, 15) is 0 Å². The van der Waals surface area contributed by atoms with Crippen LogP contribution in [0.3, 0.4) is 0 Å². The molecule has 11 aliphatic rings. The van der Waals surface area contributed by atoms with E-state index in [1.165, 1.54) is 22.3 Å². The van der Waals surface area contributed by atoms with Crippen molar-refractivity contribution in [2.24, 2.45) is 52.6 Å². The highest BCUT2D eigenvalue weighted by Gasteiger charge is 2.44. The Morgan fingerprint density at radius 3 is 1.11 bits per heavy atom. The quantitative estimate of drug-likeness (QED) is 0.0212. The van der Waals surface area contributed by atoms with Gasteiger partial charge in [0.25, 0.3) is 0 Å². The highest BCUT2D eigenvalue weighted by Crippen LogP contribution is 2.56. The van der Waals surface area contributed by atoms with Gasteiger partial charge in [0, 0.05) is 116 Å². The molecule has 0 fully saturated rings. The molecule has 630 valence electrons. The molecular formula is C107H118N12O4. The number of hydrogen-bond acceptors (Lipinski definition) is 14. The van der Waals surface area contributed by atoms with Crippen LogP contribution < -0.4 is 10.6 Å². The zero-order valence-electron chi connectivity index (χ0n) is 73.6. The Labute approximate surface area is 728 Å². The number of hydrogen-bond donors (Lipinski definition) is 4. The fourth-order valence-electron chi connectivity index (χ4n) is 18.6. The van der Waals surface area contributed by atoms with Crippen molar-refractivity contribution in [1.29, 1.82) is 0 Å². The van der Waals surface area contributed by atoms with Crippen LogP contribution >= 0.6 is 0 Å². The molecule has 2 atom stereocenters. The number of ether oxygens (including phenoxy) is 4. The van der Waals surface area contributed by atoms with Crippen LogP contribution in [0.25, 0.3) is 33.4 Å². The van der Waals surface area contributed by atoms with E-state index in [0.29, 0.717) is 90.4 Å². The molecule has 1 aliphatic carbocycles. The second-order valence-corrected chi connectivity index (χ2v) is 35.9. The van der Waals surface area contributed by atoms with Crippen LogP contribution in [-0.4, -0.2) is 121 Å². The lowest BCUT2D eigenvalue weighted by molar-refractivity contribution is 0.160. The third kappa shape index (κ3) is 19.9. The second kappa shape index (κ2) is 38.6. The van der Waals surface area contributed by atoms with Crippen molar-refractivity contribution in [2.45, 2.75) is 151 Å². The van der Waals surface area contributed by atoms with E-state index in [0.717, 1.165) is 223 Å². The van der Waals surface area contributed by atoms with Crippen LogP contribution in [0.2, 0.25) is 0 Å². The molecule has 0 spiro atoms. The Morgan fingerprint density at radius 1 is 0.407 bits per heavy atom. The van der Waals surface area contributed by atoms with Crippen LogP contribution in [0.4, 0.5) is 0 Å². The van der Waals surface area contributed by atoms with Crippen molar-refractivity contribution in [1.82, 2.24) is 30.4 Å². The van der Waals surface area contributed by atoms with Crippen molar-refractivity contribution in [3.05, 3.63) is 322 Å². The van der Waals surface area contributed by atoms with E-state index in [-0.39, 0.29) is 10.8 Å². The predicted molar refractivity (Wildman–Crippen MR) is 509 cm³/mol. The van der Waals surface area contributed by atoms with Gasteiger partial charge in [-0.15, -0.1) is 26.3 Å². The summed E-state index contributed by atoms with van der Waals surface area (Å²) in [7, 11) is 4.11. The fraction of sp³-hybridized carbons (Fsp3) is 0.346. The number of benzene rings is 2. The van der Waals surface area contributed by atoms with Gasteiger partial charge in [-0.25, -0.2) is 30.0 Å². The molecule has 15 rings (SSSR count). The van der Waals surface area contributed by atoms with Gasteiger partial charge in [0.05, 0.1) is 129 Å². The molecule has 2 aromatic carbocycles. The molecule has 0 radical (unpaired) electrons. The summed E-state index contributed by atoms with van der Waals surface area (Å²) in [5.74, 6) is 18.1. The first-order chi connectivity index (χ1) is 59.7. The second-order valence-electron chi connectivity index (χ2n) is 35.9. The van der Waals surface area contributed by atoms with Crippen molar-refractivity contribution < 1.29 is 18.9 Å². The van der Waals surface area contributed by atoms with Crippen LogP contribution in [0.1, 0.15) is 190 Å². The molecule has 16 nitrogen and oxygen atoms in total. The van der Waals surface area contributed by atoms with Crippen LogP contribution in [-0.2, 0) is 24.4 Å². The molecule has 16 bridgehead atoms. The fourth-order valence-corrected chi connectivity index (χ4v) is 18.6. The molecule has 123 heavy (non-hydrogen) atoms. The van der Waals surface area contributed by atoms with Gasteiger partial charge in [-0.3, -0.25) is 0 Å². The first kappa shape index (κ1) is 85.9. The summed E-state index contributed by atoms with van der Waals surface area (Å²) in [5.41, 5.74) is 27.9. The molecule has 16 heteroatoms. The molecule has 2 aromatic heterocycles. The summed E-state index contributed by atoms with van der Waals surface area (Å²) in [4.78, 5) is 45.3. The van der Waals surface area contributed by atoms with Gasteiger partial charge in [-0.05, 0) is 256 Å². The minimum absolute atomic E-state index is 0.150. The smallest absolute Gasteiger partial charge is 0.121 e. The molecule has 4 N–H and O–H groups in total. The first-order valence-electron chi connectivity index (χ1n) is 44.0. The van der Waals surface area contributed by atoms with Crippen LogP contribution in [0.15, 0.2) is 307 Å². The number of rotatable bonds is 32. The minimum atomic E-state index is -0.400. The Kier molecular flexibility index (Phi) is 27.0. The van der Waals surface area contributed by atoms with Gasteiger partial charge in [0.1, 0.15) is 11.6 Å². The maximum atomic E-state index is 6.01. The standard InChI is InChI=1S/C107H118N12O4/c1-15-59-120-63-19-23-77-85-35-39-93(110-85)81(94-40-36-86(111-94)78(24-20-64-121-60-16-2)90-44-48-98(115-90)101(97-47-43-89(77)114-97)103-108-55-57-118(103)13)33-29-73-27-31-75-76-32-28-74(68-84(76)107(83(75)67-73,53-51-71(5)69-105(7,8)9)54-52-72(6)70-106(10,11)12)30-34-82-95-41-37-87(112-95)79(25-21-65-122-61-17-3)91-45-49-99(116-91)102(104-109-56-58-119(104)14)100-50-46-92(117-100)80(26-22-66-123-62-18-4)88-38-42-96(82)113-88/h15-18,27-28,31-32,35-50,55-58,67-68,71-72,108-109,114,116H,1-4,19-26,51-54,59-66,69-70H2,5-14H3/b85-77?,87-79?,90-78?,92-80?,94-81?,96-82?,103-101+,104-102+. The molecule has 10 aliphatic heterocycles. The summed E-state index contributed by atoms with van der Waals surface area (Å²) in [6.07, 6.45) is 52.6. The molecule has 4 aromatic rings. The molecular weight excluding hydrogens is 1520 g/mol. The lowest BCUT2D eigenvalue weighted by Crippen LogP contribution is -2.28. The molecule has 0 amide bonds. The Hall–Kier alpha value is -12.0. The number of aromatic nitrogens is 2. The summed E-state index contributed by atoms with van der Waals surface area (Å²) >= 11 is 0. The van der Waals surface area contributed by atoms with E-state index in [4.69, 9.17) is 48.9 Å². The normalized spacial score (nSPS) is 20.0. The average molecular weight is 1640 g/mol. The molecule has 0 saturated carbocycles. The number of nitrogens with one attached hydrogen (secondary N) is 4. The maximum absolute atomic E-state index is 6.01. The van der Waals surface area contributed by atoms with Gasteiger partial charge >= 0.3 is 0 Å². The Balaban J connectivity index is 0.872. The largest absolute Gasteiger partial charge is 0.377 e. The summed E-state index contributed by atoms with van der Waals surface area (Å²) < 4.78 is 24.0. The number of allylic oxidation sites excluding steroid dienone is 20. The first-order valence-corrected chi connectivity index (χ1v) is 44.0. The van der Waals surface area contributed by atoms with Gasteiger partial charge in [-0.2, -0.15) is 0 Å². The monoisotopic (exact) mass is 1630 g/mol. The van der Waals surface area contributed by atoms with Crippen LogP contribution in [0.5, 0.6) is 0 Å². The molecule has 12 heterocycles. The van der Waals surface area contributed by atoms with Crippen molar-refractivity contribution >= 4 is 56.6 Å². The van der Waals surface area contributed by atoms with E-state index in [2.05, 4.69) is 283 Å². The Morgan fingerprint density at radius 2 is 0.740 bits per heavy atom.